The molecule has 1 aliphatic heterocycles. The van der Waals surface area contributed by atoms with Crippen molar-refractivity contribution in [2.45, 2.75) is 43.7 Å². The standard InChI is InChI=1S/C28H28F2N6O4S/c1-28(2,3)40-27(37)34-20-8-9-36(15-20)26-22-11-17(4-6-24(22)32-16-33-26)18-10-21(14-31-13-18)35-41(38,39)25-7-5-19(29)12-23(25)30/h4-7,10-14,16,20,35H,8-9,15H2,1-3H3,(H,34,37). The molecule has 0 radical (unpaired) electrons. The Morgan fingerprint density at radius 3 is 2.61 bits per heavy atom. The third-order valence-electron chi connectivity index (χ3n) is 6.33. The number of benzene rings is 2. The molecular formula is C28H28F2N6O4S. The first-order valence-electron chi connectivity index (χ1n) is 12.8. The lowest BCUT2D eigenvalue weighted by Gasteiger charge is -2.22. The number of aromatic nitrogens is 3. The van der Waals surface area contributed by atoms with Gasteiger partial charge in [-0.05, 0) is 63.1 Å². The van der Waals surface area contributed by atoms with Gasteiger partial charge in [0.05, 0.1) is 23.4 Å². The van der Waals surface area contributed by atoms with Gasteiger partial charge in [0.1, 0.15) is 34.3 Å². The van der Waals surface area contributed by atoms with E-state index in [4.69, 9.17) is 4.74 Å². The zero-order chi connectivity index (χ0) is 29.4. The second kappa shape index (κ2) is 10.9. The maximum atomic E-state index is 14.1. The number of pyridine rings is 1. The van der Waals surface area contributed by atoms with Crippen LogP contribution in [0.3, 0.4) is 0 Å². The highest BCUT2D eigenvalue weighted by molar-refractivity contribution is 7.92. The summed E-state index contributed by atoms with van der Waals surface area (Å²) in [5.74, 6) is -1.38. The van der Waals surface area contributed by atoms with E-state index in [0.717, 1.165) is 23.1 Å². The van der Waals surface area contributed by atoms with Crippen LogP contribution in [0.25, 0.3) is 22.0 Å². The van der Waals surface area contributed by atoms with E-state index >= 15 is 0 Å². The number of rotatable bonds is 6. The largest absolute Gasteiger partial charge is 0.444 e. The lowest BCUT2D eigenvalue weighted by Crippen LogP contribution is -2.40. The summed E-state index contributed by atoms with van der Waals surface area (Å²) in [5.41, 5.74) is 1.53. The van der Waals surface area contributed by atoms with Crippen LogP contribution in [0.15, 0.2) is 66.1 Å². The molecule has 1 fully saturated rings. The van der Waals surface area contributed by atoms with E-state index < -0.39 is 38.2 Å². The van der Waals surface area contributed by atoms with Gasteiger partial charge in [-0.25, -0.2) is 32.0 Å². The Morgan fingerprint density at radius 2 is 1.85 bits per heavy atom. The molecule has 2 aromatic carbocycles. The number of halogens is 2. The number of hydrogen-bond acceptors (Lipinski definition) is 8. The van der Waals surface area contributed by atoms with Crippen molar-refractivity contribution < 1.29 is 26.7 Å². The van der Waals surface area contributed by atoms with Crippen molar-refractivity contribution in [3.8, 4) is 11.1 Å². The van der Waals surface area contributed by atoms with Gasteiger partial charge >= 0.3 is 6.09 Å². The second-order valence-electron chi connectivity index (χ2n) is 10.6. The molecule has 2 N–H and O–H groups in total. The van der Waals surface area contributed by atoms with Crippen molar-refractivity contribution in [3.05, 3.63) is 72.8 Å². The summed E-state index contributed by atoms with van der Waals surface area (Å²) in [6, 6.07) is 9.23. The van der Waals surface area contributed by atoms with Crippen LogP contribution >= 0.6 is 0 Å². The summed E-state index contributed by atoms with van der Waals surface area (Å²) in [6.45, 7) is 6.63. The molecule has 1 amide bonds. The van der Waals surface area contributed by atoms with E-state index in [0.29, 0.717) is 42.5 Å². The molecule has 1 saturated heterocycles. The average molecular weight is 583 g/mol. The normalized spacial score (nSPS) is 15.6. The zero-order valence-corrected chi connectivity index (χ0v) is 23.4. The maximum absolute atomic E-state index is 14.1. The smallest absolute Gasteiger partial charge is 0.407 e. The Morgan fingerprint density at radius 1 is 1.05 bits per heavy atom. The fourth-order valence-corrected chi connectivity index (χ4v) is 5.67. The lowest BCUT2D eigenvalue weighted by atomic mass is 10.0. The van der Waals surface area contributed by atoms with E-state index in [2.05, 4.69) is 29.9 Å². The maximum Gasteiger partial charge on any atom is 0.407 e. The van der Waals surface area contributed by atoms with Gasteiger partial charge in [0.25, 0.3) is 10.0 Å². The van der Waals surface area contributed by atoms with E-state index in [1.807, 2.05) is 39.0 Å². The van der Waals surface area contributed by atoms with Crippen LogP contribution < -0.4 is 14.9 Å². The molecule has 0 spiro atoms. The zero-order valence-electron chi connectivity index (χ0n) is 22.6. The minimum atomic E-state index is -4.33. The fraction of sp³-hybridized carbons (Fsp3) is 0.286. The minimum absolute atomic E-state index is 0.103. The number of amides is 1. The van der Waals surface area contributed by atoms with Gasteiger partial charge in [0.2, 0.25) is 0 Å². The van der Waals surface area contributed by atoms with Gasteiger partial charge in [-0.1, -0.05) is 6.07 Å². The van der Waals surface area contributed by atoms with Gasteiger partial charge < -0.3 is 15.0 Å². The molecule has 13 heteroatoms. The molecule has 4 aromatic rings. The van der Waals surface area contributed by atoms with Gasteiger partial charge in [-0.2, -0.15) is 0 Å². The number of anilines is 2. The fourth-order valence-electron chi connectivity index (χ4n) is 4.58. The van der Waals surface area contributed by atoms with Gasteiger partial charge in [-0.3, -0.25) is 9.71 Å². The van der Waals surface area contributed by atoms with Gasteiger partial charge in [0.15, 0.2) is 0 Å². The number of nitrogens with zero attached hydrogens (tertiary/aromatic N) is 4. The molecule has 0 bridgehead atoms. The number of hydrogen-bond donors (Lipinski definition) is 2. The third kappa shape index (κ3) is 6.51. The highest BCUT2D eigenvalue weighted by atomic mass is 32.2. The number of carbonyl (C=O) groups excluding carboxylic acids is 1. The monoisotopic (exact) mass is 582 g/mol. The summed E-state index contributed by atoms with van der Waals surface area (Å²) in [5, 5.41) is 3.68. The summed E-state index contributed by atoms with van der Waals surface area (Å²) in [4.78, 5) is 26.7. The summed E-state index contributed by atoms with van der Waals surface area (Å²) in [6.07, 6.45) is 4.59. The second-order valence-corrected chi connectivity index (χ2v) is 12.3. The predicted molar refractivity (Wildman–Crippen MR) is 150 cm³/mol. The molecule has 41 heavy (non-hydrogen) atoms. The number of nitrogens with one attached hydrogen (secondary N) is 2. The van der Waals surface area contributed by atoms with Crippen LogP contribution in [0.5, 0.6) is 0 Å². The first-order chi connectivity index (χ1) is 19.4. The van der Waals surface area contributed by atoms with Crippen LogP contribution in [0.2, 0.25) is 0 Å². The number of alkyl carbamates (subject to hydrolysis) is 1. The Balaban J connectivity index is 1.38. The predicted octanol–water partition coefficient (Wildman–Crippen LogP) is 4.87. The van der Waals surface area contributed by atoms with Crippen LogP contribution in [-0.2, 0) is 14.8 Å². The summed E-state index contributed by atoms with van der Waals surface area (Å²) < 4.78 is 60.6. The first-order valence-corrected chi connectivity index (χ1v) is 14.3. The molecule has 2 aromatic heterocycles. The van der Waals surface area contributed by atoms with Crippen LogP contribution in [0.4, 0.5) is 25.1 Å². The highest BCUT2D eigenvalue weighted by Crippen LogP contribution is 2.31. The Bertz CT molecular complexity index is 1730. The molecule has 1 atom stereocenters. The number of fused-ring (bicyclic) bond motifs is 1. The SMILES string of the molecule is CC(C)(C)OC(=O)NC1CCN(c2ncnc3ccc(-c4cncc(NS(=O)(=O)c5ccc(F)cc5F)c4)cc23)C1. The van der Waals surface area contributed by atoms with Gasteiger partial charge in [0, 0.05) is 36.3 Å². The summed E-state index contributed by atoms with van der Waals surface area (Å²) >= 11 is 0. The van der Waals surface area contributed by atoms with Crippen molar-refractivity contribution >= 4 is 38.5 Å². The molecule has 3 heterocycles. The van der Waals surface area contributed by atoms with Crippen molar-refractivity contribution in [3.63, 3.8) is 0 Å². The van der Waals surface area contributed by atoms with Crippen molar-refractivity contribution in [1.29, 1.82) is 0 Å². The quantitative estimate of drug-likeness (QED) is 0.330. The van der Waals surface area contributed by atoms with E-state index in [9.17, 15) is 22.0 Å². The molecule has 1 aliphatic rings. The van der Waals surface area contributed by atoms with Gasteiger partial charge in [-0.15, -0.1) is 0 Å². The Hall–Kier alpha value is -4.39. The van der Waals surface area contributed by atoms with Crippen LogP contribution in [-0.4, -0.2) is 54.2 Å². The lowest BCUT2D eigenvalue weighted by molar-refractivity contribution is 0.0509. The number of sulfonamides is 1. The van der Waals surface area contributed by atoms with E-state index in [-0.39, 0.29) is 11.7 Å². The number of ether oxygens (including phenoxy) is 1. The first kappa shape index (κ1) is 28.1. The minimum Gasteiger partial charge on any atom is -0.444 e. The topological polar surface area (TPSA) is 126 Å². The van der Waals surface area contributed by atoms with Crippen molar-refractivity contribution in [2.75, 3.05) is 22.7 Å². The van der Waals surface area contributed by atoms with Crippen LogP contribution in [0, 0.1) is 11.6 Å². The number of carbonyl (C=O) groups is 1. The Kier molecular flexibility index (Phi) is 7.47. The molecule has 1 unspecified atom stereocenters. The van der Waals surface area contributed by atoms with Crippen LogP contribution in [0.1, 0.15) is 27.2 Å². The average Bonchev–Trinajstić information content (AvgIpc) is 3.34. The third-order valence-corrected chi connectivity index (χ3v) is 7.74. The Labute approximate surface area is 235 Å². The van der Waals surface area contributed by atoms with E-state index in [1.54, 1.807) is 12.3 Å². The highest BCUT2D eigenvalue weighted by Gasteiger charge is 2.28. The molecular weight excluding hydrogens is 554 g/mol. The van der Waals surface area contributed by atoms with Crippen molar-refractivity contribution in [2.24, 2.45) is 0 Å². The van der Waals surface area contributed by atoms with E-state index in [1.165, 1.54) is 12.5 Å². The molecule has 214 valence electrons. The molecule has 0 saturated carbocycles. The molecule has 5 rings (SSSR count). The van der Waals surface area contributed by atoms with Crippen molar-refractivity contribution in [1.82, 2.24) is 20.3 Å². The summed E-state index contributed by atoms with van der Waals surface area (Å²) in [7, 11) is -4.33. The molecule has 10 nitrogen and oxygen atoms in total. The molecule has 0 aliphatic carbocycles.